The lowest BCUT2D eigenvalue weighted by Gasteiger charge is -2.43. The van der Waals surface area contributed by atoms with Gasteiger partial charge in [-0.3, -0.25) is 4.79 Å². The SMILES string of the molecule is Cc1ccccc1NC(=O)NC1(C(=O)N2CC[NH+]3CCC[C@H]3C2)CCCCC1. The highest BCUT2D eigenvalue weighted by atomic mass is 16.2. The number of amides is 3. The number of aryl methyl sites for hydroxylation is 1. The highest BCUT2D eigenvalue weighted by Gasteiger charge is 2.46. The van der Waals surface area contributed by atoms with Crippen molar-refractivity contribution in [1.82, 2.24) is 10.2 Å². The van der Waals surface area contributed by atoms with Crippen LogP contribution in [-0.4, -0.2) is 54.6 Å². The van der Waals surface area contributed by atoms with Crippen LogP contribution in [0.15, 0.2) is 24.3 Å². The van der Waals surface area contributed by atoms with E-state index in [-0.39, 0.29) is 11.9 Å². The van der Waals surface area contributed by atoms with Gasteiger partial charge < -0.3 is 20.4 Å². The van der Waals surface area contributed by atoms with Gasteiger partial charge >= 0.3 is 6.03 Å². The smallest absolute Gasteiger partial charge is 0.320 e. The minimum atomic E-state index is -0.749. The Morgan fingerprint density at radius 1 is 1.11 bits per heavy atom. The summed E-state index contributed by atoms with van der Waals surface area (Å²) in [5.74, 6) is 0.137. The van der Waals surface area contributed by atoms with E-state index in [9.17, 15) is 9.59 Å². The molecule has 2 atom stereocenters. The molecule has 2 saturated heterocycles. The van der Waals surface area contributed by atoms with Gasteiger partial charge in [0.1, 0.15) is 11.6 Å². The Morgan fingerprint density at radius 3 is 2.68 bits per heavy atom. The number of benzene rings is 1. The van der Waals surface area contributed by atoms with Crippen molar-refractivity contribution in [3.05, 3.63) is 29.8 Å². The van der Waals surface area contributed by atoms with E-state index < -0.39 is 5.54 Å². The number of para-hydroxylation sites is 1. The number of nitrogens with zero attached hydrogens (tertiary/aromatic N) is 1. The highest BCUT2D eigenvalue weighted by Crippen LogP contribution is 2.31. The van der Waals surface area contributed by atoms with Crippen LogP contribution in [0.1, 0.15) is 50.5 Å². The molecule has 3 N–H and O–H groups in total. The molecule has 152 valence electrons. The highest BCUT2D eigenvalue weighted by molar-refractivity contribution is 5.96. The van der Waals surface area contributed by atoms with Gasteiger partial charge in [-0.05, 0) is 31.4 Å². The average Bonchev–Trinajstić information content (AvgIpc) is 3.17. The van der Waals surface area contributed by atoms with Crippen molar-refractivity contribution in [2.45, 2.75) is 63.5 Å². The summed E-state index contributed by atoms with van der Waals surface area (Å²) in [5, 5.41) is 6.07. The summed E-state index contributed by atoms with van der Waals surface area (Å²) in [6.07, 6.45) is 7.08. The molecule has 0 aromatic heterocycles. The molecule has 1 aromatic rings. The average molecular weight is 386 g/mol. The first-order chi connectivity index (χ1) is 13.6. The number of hydrogen-bond acceptors (Lipinski definition) is 2. The molecule has 3 fully saturated rings. The van der Waals surface area contributed by atoms with E-state index in [1.54, 1.807) is 4.90 Å². The van der Waals surface area contributed by atoms with E-state index in [1.165, 1.54) is 19.4 Å². The predicted molar refractivity (Wildman–Crippen MR) is 109 cm³/mol. The van der Waals surface area contributed by atoms with Crippen LogP contribution < -0.4 is 15.5 Å². The lowest BCUT2D eigenvalue weighted by atomic mass is 9.80. The molecule has 1 unspecified atom stereocenters. The second-order valence-electron chi connectivity index (χ2n) is 8.79. The maximum absolute atomic E-state index is 13.6. The quantitative estimate of drug-likeness (QED) is 0.742. The fraction of sp³-hybridized carbons (Fsp3) is 0.636. The third-order valence-corrected chi connectivity index (χ3v) is 6.92. The minimum Gasteiger partial charge on any atom is -0.330 e. The molecule has 0 spiro atoms. The summed E-state index contributed by atoms with van der Waals surface area (Å²) >= 11 is 0. The van der Waals surface area contributed by atoms with Crippen molar-refractivity contribution < 1.29 is 14.5 Å². The van der Waals surface area contributed by atoms with Crippen LogP contribution in [0.25, 0.3) is 0 Å². The van der Waals surface area contributed by atoms with Crippen molar-refractivity contribution in [3.63, 3.8) is 0 Å². The van der Waals surface area contributed by atoms with Gasteiger partial charge in [0, 0.05) is 18.5 Å². The summed E-state index contributed by atoms with van der Waals surface area (Å²) in [6.45, 7) is 5.92. The number of hydrogen-bond donors (Lipinski definition) is 3. The zero-order valence-corrected chi connectivity index (χ0v) is 16.9. The number of quaternary nitrogens is 1. The van der Waals surface area contributed by atoms with E-state index in [1.807, 2.05) is 36.1 Å². The Bertz CT molecular complexity index is 729. The van der Waals surface area contributed by atoms with Crippen LogP contribution in [0, 0.1) is 6.92 Å². The summed E-state index contributed by atoms with van der Waals surface area (Å²) in [5.41, 5.74) is 1.06. The van der Waals surface area contributed by atoms with Gasteiger partial charge in [-0.2, -0.15) is 0 Å². The van der Waals surface area contributed by atoms with Gasteiger partial charge in [0.05, 0.1) is 26.2 Å². The number of carbonyl (C=O) groups is 2. The van der Waals surface area contributed by atoms with Gasteiger partial charge in [0.2, 0.25) is 5.91 Å². The van der Waals surface area contributed by atoms with Gasteiger partial charge in [0.15, 0.2) is 0 Å². The number of piperazine rings is 1. The number of urea groups is 1. The molecular formula is C22H33N4O2+. The fourth-order valence-electron chi connectivity index (χ4n) is 5.29. The molecule has 2 aliphatic heterocycles. The van der Waals surface area contributed by atoms with Crippen LogP contribution in [0.5, 0.6) is 0 Å². The molecule has 0 radical (unpaired) electrons. The number of nitrogens with one attached hydrogen (secondary N) is 3. The Hall–Kier alpha value is -2.08. The largest absolute Gasteiger partial charge is 0.330 e. The minimum absolute atomic E-state index is 0.137. The summed E-state index contributed by atoms with van der Waals surface area (Å²) in [7, 11) is 0. The zero-order valence-electron chi connectivity index (χ0n) is 16.9. The lowest BCUT2D eigenvalue weighted by Crippen LogP contribution is -3.16. The van der Waals surface area contributed by atoms with Crippen LogP contribution in [0.2, 0.25) is 0 Å². The number of rotatable bonds is 3. The van der Waals surface area contributed by atoms with Crippen molar-refractivity contribution in [3.8, 4) is 0 Å². The van der Waals surface area contributed by atoms with Crippen molar-refractivity contribution in [2.24, 2.45) is 0 Å². The molecule has 1 saturated carbocycles. The molecule has 28 heavy (non-hydrogen) atoms. The number of anilines is 1. The van der Waals surface area contributed by atoms with Crippen molar-refractivity contribution in [1.29, 1.82) is 0 Å². The zero-order chi connectivity index (χ0) is 19.6. The molecule has 3 amide bonds. The summed E-state index contributed by atoms with van der Waals surface area (Å²) < 4.78 is 0. The third kappa shape index (κ3) is 3.88. The summed E-state index contributed by atoms with van der Waals surface area (Å²) in [6, 6.07) is 8.05. The van der Waals surface area contributed by atoms with Gasteiger partial charge in [-0.25, -0.2) is 4.79 Å². The molecule has 4 rings (SSSR count). The molecule has 0 bridgehead atoms. The Kier molecular flexibility index (Phi) is 5.58. The molecule has 2 heterocycles. The molecule has 1 aliphatic carbocycles. The first-order valence-electron chi connectivity index (χ1n) is 10.9. The van der Waals surface area contributed by atoms with Gasteiger partial charge in [-0.15, -0.1) is 0 Å². The second-order valence-corrected chi connectivity index (χ2v) is 8.79. The molecule has 6 heteroatoms. The first-order valence-corrected chi connectivity index (χ1v) is 10.9. The van der Waals surface area contributed by atoms with E-state index in [4.69, 9.17) is 0 Å². The van der Waals surface area contributed by atoms with E-state index in [0.29, 0.717) is 6.04 Å². The first kappa shape index (κ1) is 19.2. The topological polar surface area (TPSA) is 65.9 Å². The standard InChI is InChI=1S/C22H32N4O2/c1-17-8-3-4-10-19(17)23-21(28)24-22(11-5-2-6-12-22)20(27)26-15-14-25-13-7-9-18(25)16-26/h3-4,8,10,18H,2,5-7,9,11-16H2,1H3,(H2,23,24,28)/p+1/t18-/m0/s1. The molecule has 6 nitrogen and oxygen atoms in total. The normalized spacial score (nSPS) is 26.4. The maximum atomic E-state index is 13.6. The maximum Gasteiger partial charge on any atom is 0.320 e. The number of carbonyl (C=O) groups excluding carboxylic acids is 2. The summed E-state index contributed by atoms with van der Waals surface area (Å²) in [4.78, 5) is 30.1. The van der Waals surface area contributed by atoms with Gasteiger partial charge in [-0.1, -0.05) is 37.5 Å². The van der Waals surface area contributed by atoms with Crippen LogP contribution in [-0.2, 0) is 4.79 Å². The second kappa shape index (κ2) is 8.11. The van der Waals surface area contributed by atoms with Crippen LogP contribution in [0.3, 0.4) is 0 Å². The molecule has 3 aliphatic rings. The van der Waals surface area contributed by atoms with Gasteiger partial charge in [0.25, 0.3) is 0 Å². The van der Waals surface area contributed by atoms with E-state index in [0.717, 1.165) is 63.0 Å². The third-order valence-electron chi connectivity index (χ3n) is 6.92. The monoisotopic (exact) mass is 385 g/mol. The van der Waals surface area contributed by atoms with Crippen LogP contribution >= 0.6 is 0 Å². The van der Waals surface area contributed by atoms with Crippen molar-refractivity contribution in [2.75, 3.05) is 31.5 Å². The molecule has 1 aromatic carbocycles. The number of fused-ring (bicyclic) bond motifs is 1. The predicted octanol–water partition coefficient (Wildman–Crippen LogP) is 1.71. The van der Waals surface area contributed by atoms with E-state index >= 15 is 0 Å². The Balaban J connectivity index is 1.47. The Morgan fingerprint density at radius 2 is 1.89 bits per heavy atom. The van der Waals surface area contributed by atoms with E-state index in [2.05, 4.69) is 10.6 Å². The van der Waals surface area contributed by atoms with Crippen LogP contribution in [0.4, 0.5) is 10.5 Å². The van der Waals surface area contributed by atoms with Crippen molar-refractivity contribution >= 4 is 17.6 Å². The fourth-order valence-corrected chi connectivity index (χ4v) is 5.29. The Labute approximate surface area is 167 Å². The lowest BCUT2D eigenvalue weighted by molar-refractivity contribution is -0.916. The molecular weight excluding hydrogens is 352 g/mol.